The summed E-state index contributed by atoms with van der Waals surface area (Å²) in [6.45, 7) is 0. The molecule has 0 unspecified atom stereocenters. The summed E-state index contributed by atoms with van der Waals surface area (Å²) in [5.74, 6) is 0. The molecule has 16 radical (unpaired) electrons. The van der Waals surface area contributed by atoms with E-state index in [1.165, 1.54) is 0 Å². The first kappa shape index (κ1) is 64.9. The predicted molar refractivity (Wildman–Crippen MR) is 23.0 cm³/mol. The fourth-order valence-electron chi connectivity index (χ4n) is 0. The Hall–Kier alpha value is 8.79. The molecule has 9 heavy (non-hydrogen) atoms. The molecule has 0 saturated carbocycles. The van der Waals surface area contributed by atoms with Crippen molar-refractivity contribution in [2.45, 2.75) is 0 Å². The van der Waals surface area contributed by atoms with Gasteiger partial charge >= 0.3 is 0 Å². The molecule has 0 aromatic heterocycles. The Morgan fingerprint density at radius 2 is 0.222 bits per heavy atom. The van der Waals surface area contributed by atoms with Gasteiger partial charge in [0.1, 0.15) is 0 Å². The zero-order valence-electron chi connectivity index (χ0n) is 3.77. The van der Waals surface area contributed by atoms with Crippen molar-refractivity contribution in [2.75, 3.05) is 0 Å². The van der Waals surface area contributed by atoms with Gasteiger partial charge in [0.25, 0.3) is 0 Å². The van der Waals surface area contributed by atoms with Crippen LogP contribution in [0.5, 0.6) is 0 Å². The molecule has 0 bridgehead atoms. The standard InChI is InChI=1S/5Gd.4Ge. The molecule has 0 saturated heterocycles. The molecule has 0 spiro atoms. The van der Waals surface area contributed by atoms with Crippen LogP contribution in [-0.4, -0.2) is 70.4 Å². The van der Waals surface area contributed by atoms with Gasteiger partial charge in [0, 0.05) is 270 Å². The van der Waals surface area contributed by atoms with Crippen LogP contribution in [0.1, 0.15) is 0 Å². The van der Waals surface area contributed by atoms with Crippen LogP contribution in [0.4, 0.5) is 0 Å². The van der Waals surface area contributed by atoms with Crippen LogP contribution >= 0.6 is 0 Å². The molecule has 0 atom stereocenters. The molecular formula is Gd5Ge4. The van der Waals surface area contributed by atoms with Crippen LogP contribution in [0, 0.1) is 200 Å². The summed E-state index contributed by atoms with van der Waals surface area (Å²) >= 11 is 0. The number of rotatable bonds is 0. The summed E-state index contributed by atoms with van der Waals surface area (Å²) < 4.78 is 0. The van der Waals surface area contributed by atoms with Crippen LogP contribution in [0.15, 0.2) is 0 Å². The Kier molecular flexibility index (Phi) is 391. The summed E-state index contributed by atoms with van der Waals surface area (Å²) in [5.41, 5.74) is 0. The zero-order chi connectivity index (χ0) is 0. The quantitative estimate of drug-likeness (QED) is 0.259. The number of hydrogen-bond donors (Lipinski definition) is 0. The van der Waals surface area contributed by atoms with Crippen molar-refractivity contribution in [1.82, 2.24) is 0 Å². The molecule has 0 amide bonds. The van der Waals surface area contributed by atoms with E-state index < -0.39 is 0 Å². The predicted octanol–water partition coefficient (Wildman–Crippen LogP) is -1.52. The van der Waals surface area contributed by atoms with E-state index in [2.05, 4.69) is 0 Å². The first-order chi connectivity index (χ1) is 0. The summed E-state index contributed by atoms with van der Waals surface area (Å²) in [6.07, 6.45) is 0. The van der Waals surface area contributed by atoms with Gasteiger partial charge in [-0.15, -0.1) is 0 Å². The van der Waals surface area contributed by atoms with Gasteiger partial charge in [0.05, 0.1) is 0 Å². The first-order valence-corrected chi connectivity index (χ1v) is 0. The van der Waals surface area contributed by atoms with E-state index in [0.717, 1.165) is 0 Å². The maximum Gasteiger partial charge on any atom is 0 e. The zero-order valence-corrected chi connectivity index (χ0v) is 23.5. The first-order valence-electron chi connectivity index (χ1n) is 0. The van der Waals surface area contributed by atoms with Gasteiger partial charge in [-0.05, 0) is 0 Å². The van der Waals surface area contributed by atoms with E-state index >= 15 is 0 Å². The molecule has 0 aromatic carbocycles. The largest absolute Gasteiger partial charge is 0 e. The molecule has 0 fully saturated rings. The van der Waals surface area contributed by atoms with E-state index in [1.807, 2.05) is 0 Å². The second-order valence-corrected chi connectivity index (χ2v) is 0. The maximum absolute atomic E-state index is 0. The smallest absolute Gasteiger partial charge is 0 e. The average Bonchev–Trinajstić information content (AvgIpc) is 0. The Morgan fingerprint density at radius 3 is 0.222 bits per heavy atom. The fourth-order valence-corrected chi connectivity index (χ4v) is 0. The van der Waals surface area contributed by atoms with E-state index in [0.29, 0.717) is 0 Å². The second kappa shape index (κ2) is 54.2. The van der Waals surface area contributed by atoms with Crippen LogP contribution in [0.3, 0.4) is 0 Å². The molecule has 0 aliphatic rings. The number of hydrogen-bond acceptors (Lipinski definition) is 0. The Morgan fingerprint density at radius 1 is 0.222 bits per heavy atom. The summed E-state index contributed by atoms with van der Waals surface area (Å²) in [6, 6.07) is 0. The molecule has 56 valence electrons. The minimum atomic E-state index is 0. The molecule has 0 N–H and O–H groups in total. The second-order valence-electron chi connectivity index (χ2n) is 0. The Bertz CT molecular complexity index is 8.92. The van der Waals surface area contributed by atoms with Crippen molar-refractivity contribution >= 4 is 70.4 Å². The topological polar surface area (TPSA) is 0 Å². The van der Waals surface area contributed by atoms with Gasteiger partial charge in [-0.3, -0.25) is 0 Å². The van der Waals surface area contributed by atoms with E-state index in [-0.39, 0.29) is 270 Å². The van der Waals surface area contributed by atoms with Crippen LogP contribution in [-0.2, 0) is 0 Å². The van der Waals surface area contributed by atoms with Crippen molar-refractivity contribution in [1.29, 1.82) is 0 Å². The molecule has 9 heteroatoms. The van der Waals surface area contributed by atoms with Gasteiger partial charge < -0.3 is 0 Å². The minimum Gasteiger partial charge on any atom is 0 e. The SMILES string of the molecule is [Gd].[Gd].[Gd].[Gd].[Gd].[Ge].[Ge].[Ge].[Ge]. The van der Waals surface area contributed by atoms with Gasteiger partial charge in [-0.2, -0.15) is 0 Å². The Labute approximate surface area is 261 Å². The van der Waals surface area contributed by atoms with Gasteiger partial charge in [0.15, 0.2) is 0 Å². The summed E-state index contributed by atoms with van der Waals surface area (Å²) in [7, 11) is 0. The van der Waals surface area contributed by atoms with Gasteiger partial charge in [-0.1, -0.05) is 0 Å². The summed E-state index contributed by atoms with van der Waals surface area (Å²) in [5, 5.41) is 0. The van der Waals surface area contributed by atoms with Crippen molar-refractivity contribution in [2.24, 2.45) is 0 Å². The maximum atomic E-state index is 0. The molecule has 0 aliphatic heterocycles. The molecular weight excluding hydrogens is 1080 g/mol. The normalized spacial score (nSPS) is 0. The summed E-state index contributed by atoms with van der Waals surface area (Å²) in [4.78, 5) is 0. The molecule has 0 aromatic rings. The van der Waals surface area contributed by atoms with Crippen molar-refractivity contribution in [3.63, 3.8) is 0 Å². The molecule has 0 heterocycles. The Balaban J connectivity index is 0. The van der Waals surface area contributed by atoms with Crippen molar-refractivity contribution in [3.8, 4) is 0 Å². The molecule has 0 rings (SSSR count). The third-order valence-electron chi connectivity index (χ3n) is 0. The average molecular weight is 1080 g/mol. The van der Waals surface area contributed by atoms with Crippen LogP contribution in [0.25, 0.3) is 0 Å². The van der Waals surface area contributed by atoms with Crippen molar-refractivity contribution < 1.29 is 200 Å². The minimum absolute atomic E-state index is 0. The van der Waals surface area contributed by atoms with E-state index in [1.54, 1.807) is 0 Å². The third kappa shape index (κ3) is 47.5. The van der Waals surface area contributed by atoms with Crippen LogP contribution in [0.2, 0.25) is 0 Å². The van der Waals surface area contributed by atoms with Crippen molar-refractivity contribution in [3.05, 3.63) is 0 Å². The monoisotopic (exact) mass is 1090 g/mol. The molecule has 0 aliphatic carbocycles. The molecule has 0 nitrogen and oxygen atoms in total. The van der Waals surface area contributed by atoms with E-state index in [9.17, 15) is 0 Å². The third-order valence-corrected chi connectivity index (χ3v) is 0. The van der Waals surface area contributed by atoms with Gasteiger partial charge in [0.2, 0.25) is 0 Å². The van der Waals surface area contributed by atoms with Gasteiger partial charge in [-0.25, -0.2) is 0 Å². The van der Waals surface area contributed by atoms with E-state index in [4.69, 9.17) is 0 Å². The van der Waals surface area contributed by atoms with Crippen LogP contribution < -0.4 is 0 Å². The fraction of sp³-hybridized carbons (Fsp3) is 0.